The predicted molar refractivity (Wildman–Crippen MR) is 53.4 cm³/mol. The largest absolute Gasteiger partial charge is 0.480 e. The van der Waals surface area contributed by atoms with Crippen molar-refractivity contribution < 1.29 is 20.1 Å². The summed E-state index contributed by atoms with van der Waals surface area (Å²) in [5.41, 5.74) is 0. The molecule has 14 heavy (non-hydrogen) atoms. The number of carbonyl (C=O) groups is 1. The lowest BCUT2D eigenvalue weighted by atomic mass is 10.2. The minimum Gasteiger partial charge on any atom is -0.480 e. The Morgan fingerprint density at radius 3 is 2.93 bits per heavy atom. The number of β-amino-alcohol motifs (C(OH)–C–C–N with tert-alkyl or cyclic N) is 1. The van der Waals surface area contributed by atoms with Gasteiger partial charge < -0.3 is 15.3 Å². The Morgan fingerprint density at radius 1 is 1.64 bits per heavy atom. The van der Waals surface area contributed by atoms with Crippen molar-refractivity contribution in [2.45, 2.75) is 12.1 Å². The topological polar surface area (TPSA) is 81.0 Å². The van der Waals surface area contributed by atoms with Gasteiger partial charge in [-0.1, -0.05) is 0 Å². The summed E-state index contributed by atoms with van der Waals surface area (Å²) in [7, 11) is 0. The summed E-state index contributed by atoms with van der Waals surface area (Å²) >= 11 is 1.60. The van der Waals surface area contributed by atoms with Gasteiger partial charge in [0, 0.05) is 24.6 Å². The monoisotopic (exact) mass is 221 g/mol. The van der Waals surface area contributed by atoms with Crippen molar-refractivity contribution in [2.24, 2.45) is 0 Å². The first-order valence-electron chi connectivity index (χ1n) is 4.48. The van der Waals surface area contributed by atoms with Crippen molar-refractivity contribution in [3.63, 3.8) is 0 Å². The van der Waals surface area contributed by atoms with Crippen molar-refractivity contribution >= 4 is 17.7 Å². The number of hydrogen-bond acceptors (Lipinski definition) is 5. The Hall–Kier alpha value is -0.300. The fraction of sp³-hybridized carbons (Fsp3) is 0.875. The van der Waals surface area contributed by atoms with E-state index in [2.05, 4.69) is 0 Å². The number of carboxylic acids is 1. The molecule has 1 aliphatic heterocycles. The Bertz CT molecular complexity index is 202. The Labute approximate surface area is 86.7 Å². The summed E-state index contributed by atoms with van der Waals surface area (Å²) in [4.78, 5) is 12.5. The standard InChI is InChI=1S/C8H15NO4S/c10-4-6(11)3-9-1-2-14-5-7(9)8(12)13/h6-7,10-11H,1-5H2,(H,12,13). The Balaban J connectivity index is 2.49. The van der Waals surface area contributed by atoms with Crippen LogP contribution >= 0.6 is 11.8 Å². The summed E-state index contributed by atoms with van der Waals surface area (Å²) in [6.07, 6.45) is -0.847. The van der Waals surface area contributed by atoms with Gasteiger partial charge in [-0.3, -0.25) is 9.69 Å². The van der Waals surface area contributed by atoms with Crippen molar-refractivity contribution in [3.05, 3.63) is 0 Å². The number of thioether (sulfide) groups is 1. The van der Waals surface area contributed by atoms with Gasteiger partial charge in [-0.05, 0) is 0 Å². The molecule has 6 heteroatoms. The van der Waals surface area contributed by atoms with Crippen LogP contribution in [0.2, 0.25) is 0 Å². The lowest BCUT2D eigenvalue weighted by molar-refractivity contribution is -0.143. The summed E-state index contributed by atoms with van der Waals surface area (Å²) < 4.78 is 0. The maximum Gasteiger partial charge on any atom is 0.321 e. The van der Waals surface area contributed by atoms with Gasteiger partial charge >= 0.3 is 5.97 Å². The highest BCUT2D eigenvalue weighted by Crippen LogP contribution is 2.16. The van der Waals surface area contributed by atoms with Crippen LogP contribution in [-0.2, 0) is 4.79 Å². The molecule has 0 amide bonds. The molecule has 0 bridgehead atoms. The second-order valence-corrected chi connectivity index (χ2v) is 4.41. The lowest BCUT2D eigenvalue weighted by Crippen LogP contribution is -2.50. The molecule has 3 N–H and O–H groups in total. The predicted octanol–water partition coefficient (Wildman–Crippen LogP) is -1.16. The highest BCUT2D eigenvalue weighted by Gasteiger charge is 2.29. The van der Waals surface area contributed by atoms with Gasteiger partial charge in [0.1, 0.15) is 6.04 Å². The van der Waals surface area contributed by atoms with E-state index >= 15 is 0 Å². The second-order valence-electron chi connectivity index (χ2n) is 3.26. The molecule has 0 aromatic heterocycles. The molecule has 82 valence electrons. The maximum atomic E-state index is 10.8. The van der Waals surface area contributed by atoms with Crippen LogP contribution in [0.4, 0.5) is 0 Å². The zero-order valence-corrected chi connectivity index (χ0v) is 8.61. The molecule has 1 fully saturated rings. The molecule has 1 saturated heterocycles. The highest BCUT2D eigenvalue weighted by atomic mass is 32.2. The first kappa shape index (κ1) is 11.8. The Kier molecular flexibility index (Phi) is 4.67. The van der Waals surface area contributed by atoms with E-state index in [-0.39, 0.29) is 13.2 Å². The number of aliphatic hydroxyl groups excluding tert-OH is 2. The van der Waals surface area contributed by atoms with E-state index < -0.39 is 18.1 Å². The third kappa shape index (κ3) is 3.13. The summed E-state index contributed by atoms with van der Waals surface area (Å²) in [5.74, 6) is 0.567. The molecule has 1 rings (SSSR count). The molecule has 2 atom stereocenters. The van der Waals surface area contributed by atoms with Crippen molar-refractivity contribution in [1.29, 1.82) is 0 Å². The number of hydrogen-bond donors (Lipinski definition) is 3. The molecule has 0 radical (unpaired) electrons. The second kappa shape index (κ2) is 5.55. The average molecular weight is 221 g/mol. The smallest absolute Gasteiger partial charge is 0.321 e. The quantitative estimate of drug-likeness (QED) is 0.556. The third-order valence-corrected chi connectivity index (χ3v) is 3.20. The van der Waals surface area contributed by atoms with E-state index in [1.165, 1.54) is 0 Å². The van der Waals surface area contributed by atoms with Crippen LogP contribution in [0.25, 0.3) is 0 Å². The van der Waals surface area contributed by atoms with E-state index in [1.807, 2.05) is 0 Å². The molecule has 5 nitrogen and oxygen atoms in total. The van der Waals surface area contributed by atoms with Gasteiger partial charge in [0.15, 0.2) is 0 Å². The number of aliphatic carboxylic acids is 1. The minimum atomic E-state index is -0.859. The molecular formula is C8H15NO4S. The number of carboxylic acid groups (broad SMARTS) is 1. The molecule has 1 heterocycles. The van der Waals surface area contributed by atoms with Gasteiger partial charge in [-0.2, -0.15) is 11.8 Å². The average Bonchev–Trinajstić information content (AvgIpc) is 2.18. The lowest BCUT2D eigenvalue weighted by Gasteiger charge is -2.33. The number of rotatable bonds is 4. The minimum absolute atomic E-state index is 0.230. The number of nitrogens with zero attached hydrogens (tertiary/aromatic N) is 1. The molecule has 0 aliphatic carbocycles. The molecule has 1 aliphatic rings. The van der Waals surface area contributed by atoms with Crippen LogP contribution in [0.15, 0.2) is 0 Å². The number of aliphatic hydroxyl groups is 2. The van der Waals surface area contributed by atoms with Gasteiger partial charge in [-0.15, -0.1) is 0 Å². The van der Waals surface area contributed by atoms with Crippen LogP contribution < -0.4 is 0 Å². The summed E-state index contributed by atoms with van der Waals surface area (Å²) in [6.45, 7) is 0.558. The molecular weight excluding hydrogens is 206 g/mol. The molecule has 0 aromatic rings. The fourth-order valence-corrected chi connectivity index (χ4v) is 2.52. The van der Waals surface area contributed by atoms with E-state index in [4.69, 9.17) is 10.2 Å². The van der Waals surface area contributed by atoms with Crippen molar-refractivity contribution in [3.8, 4) is 0 Å². The van der Waals surface area contributed by atoms with Crippen LogP contribution in [-0.4, -0.2) is 69.5 Å². The highest BCUT2D eigenvalue weighted by molar-refractivity contribution is 7.99. The van der Waals surface area contributed by atoms with Gasteiger partial charge in [0.25, 0.3) is 0 Å². The molecule has 0 spiro atoms. The SMILES string of the molecule is O=C(O)C1CSCCN1CC(O)CO. The van der Waals surface area contributed by atoms with E-state index in [0.29, 0.717) is 12.3 Å². The van der Waals surface area contributed by atoms with E-state index in [9.17, 15) is 9.90 Å². The zero-order chi connectivity index (χ0) is 10.6. The Morgan fingerprint density at radius 2 is 2.36 bits per heavy atom. The van der Waals surface area contributed by atoms with Crippen molar-refractivity contribution in [1.82, 2.24) is 4.90 Å². The summed E-state index contributed by atoms with van der Waals surface area (Å²) in [6, 6.07) is -0.532. The van der Waals surface area contributed by atoms with Crippen LogP contribution in [0.3, 0.4) is 0 Å². The van der Waals surface area contributed by atoms with Crippen LogP contribution in [0.5, 0.6) is 0 Å². The normalized spacial score (nSPS) is 26.0. The maximum absolute atomic E-state index is 10.8. The van der Waals surface area contributed by atoms with Gasteiger partial charge in [-0.25, -0.2) is 0 Å². The fourth-order valence-electron chi connectivity index (χ4n) is 1.41. The summed E-state index contributed by atoms with van der Waals surface area (Å²) in [5, 5.41) is 26.8. The third-order valence-electron chi connectivity index (χ3n) is 2.18. The first-order valence-corrected chi connectivity index (χ1v) is 5.64. The van der Waals surface area contributed by atoms with Crippen LogP contribution in [0, 0.1) is 0 Å². The van der Waals surface area contributed by atoms with Gasteiger partial charge in [0.05, 0.1) is 12.7 Å². The first-order chi connectivity index (χ1) is 6.65. The van der Waals surface area contributed by atoms with E-state index in [1.54, 1.807) is 16.7 Å². The molecule has 0 aromatic carbocycles. The molecule has 2 unspecified atom stereocenters. The van der Waals surface area contributed by atoms with E-state index in [0.717, 1.165) is 5.75 Å². The van der Waals surface area contributed by atoms with Gasteiger partial charge in [0.2, 0.25) is 0 Å². The van der Waals surface area contributed by atoms with Crippen molar-refractivity contribution in [2.75, 3.05) is 31.2 Å². The molecule has 0 saturated carbocycles. The van der Waals surface area contributed by atoms with Crippen LogP contribution in [0.1, 0.15) is 0 Å². The zero-order valence-electron chi connectivity index (χ0n) is 7.80.